The van der Waals surface area contributed by atoms with Gasteiger partial charge in [-0.25, -0.2) is 0 Å². The highest BCUT2D eigenvalue weighted by Crippen LogP contribution is 2.18. The van der Waals surface area contributed by atoms with Crippen LogP contribution in [0.25, 0.3) is 0 Å². The maximum Gasteiger partial charge on any atom is 0.269 e. The monoisotopic (exact) mass is 208 g/mol. The summed E-state index contributed by atoms with van der Waals surface area (Å²) >= 11 is 0. The molecule has 1 saturated carbocycles. The molecule has 2 rings (SSSR count). The smallest absolute Gasteiger partial charge is 0.269 e. The number of nitrogens with two attached hydrogens (primary N) is 1. The number of anilines is 1. The summed E-state index contributed by atoms with van der Waals surface area (Å²) in [5.41, 5.74) is 6.04. The van der Waals surface area contributed by atoms with E-state index in [1.807, 2.05) is 0 Å². The number of carbonyl (C=O) groups is 1. The minimum Gasteiger partial charge on any atom is -0.382 e. The molecule has 1 aliphatic rings. The Morgan fingerprint density at radius 2 is 2.27 bits per heavy atom. The summed E-state index contributed by atoms with van der Waals surface area (Å²) in [5, 5.41) is 6.93. The number of nitrogen functional groups attached to an aromatic ring is 1. The van der Waals surface area contributed by atoms with Crippen molar-refractivity contribution >= 4 is 11.7 Å². The molecule has 0 spiro atoms. The first-order valence-electron chi connectivity index (χ1n) is 5.27. The molecule has 5 nitrogen and oxygen atoms in total. The number of rotatable bonds is 2. The summed E-state index contributed by atoms with van der Waals surface area (Å²) in [7, 11) is 1.72. The maximum absolute atomic E-state index is 11.8. The van der Waals surface area contributed by atoms with Crippen molar-refractivity contribution in [1.29, 1.82) is 0 Å². The van der Waals surface area contributed by atoms with Crippen LogP contribution in [0.5, 0.6) is 0 Å². The predicted octanol–water partition coefficient (Wildman–Crippen LogP) is 0.675. The zero-order valence-electron chi connectivity index (χ0n) is 8.86. The van der Waals surface area contributed by atoms with Gasteiger partial charge >= 0.3 is 0 Å². The lowest BCUT2D eigenvalue weighted by Crippen LogP contribution is -2.33. The Balaban J connectivity index is 2.03. The molecular formula is C10H16N4O. The minimum absolute atomic E-state index is 0.0754. The highest BCUT2D eigenvalue weighted by atomic mass is 16.2. The van der Waals surface area contributed by atoms with Gasteiger partial charge in [0.2, 0.25) is 0 Å². The number of amides is 1. The summed E-state index contributed by atoms with van der Waals surface area (Å²) in [6.45, 7) is 0. The predicted molar refractivity (Wildman–Crippen MR) is 57.3 cm³/mol. The standard InChI is InChI=1S/C10H16N4O/c1-14-8(6-9(11)13-14)10(15)12-7-4-2-3-5-7/h6-7H,2-5H2,1H3,(H2,11,13)(H,12,15). The van der Waals surface area contributed by atoms with Crippen molar-refractivity contribution in [1.82, 2.24) is 15.1 Å². The topological polar surface area (TPSA) is 72.9 Å². The normalized spacial score (nSPS) is 16.9. The van der Waals surface area contributed by atoms with E-state index in [1.165, 1.54) is 17.5 Å². The van der Waals surface area contributed by atoms with Gasteiger partial charge in [-0.1, -0.05) is 12.8 Å². The second kappa shape index (κ2) is 3.92. The fourth-order valence-corrected chi connectivity index (χ4v) is 2.03. The summed E-state index contributed by atoms with van der Waals surface area (Å²) in [6.07, 6.45) is 4.58. The molecule has 3 N–H and O–H groups in total. The molecule has 0 aromatic carbocycles. The first kappa shape index (κ1) is 10.0. The maximum atomic E-state index is 11.8. The molecule has 1 aromatic heterocycles. The molecule has 1 fully saturated rings. The number of aromatic nitrogens is 2. The lowest BCUT2D eigenvalue weighted by Gasteiger charge is -2.11. The lowest BCUT2D eigenvalue weighted by atomic mass is 10.2. The van der Waals surface area contributed by atoms with Gasteiger partial charge < -0.3 is 11.1 Å². The molecule has 0 unspecified atom stereocenters. The highest BCUT2D eigenvalue weighted by molar-refractivity contribution is 5.93. The van der Waals surface area contributed by atoms with Crippen LogP contribution in [0.4, 0.5) is 5.82 Å². The Hall–Kier alpha value is -1.52. The van der Waals surface area contributed by atoms with E-state index in [2.05, 4.69) is 10.4 Å². The van der Waals surface area contributed by atoms with Crippen LogP contribution in [-0.2, 0) is 7.05 Å². The van der Waals surface area contributed by atoms with Crippen molar-refractivity contribution < 1.29 is 4.79 Å². The fraction of sp³-hybridized carbons (Fsp3) is 0.600. The van der Waals surface area contributed by atoms with Crippen LogP contribution in [0.2, 0.25) is 0 Å². The van der Waals surface area contributed by atoms with Crippen molar-refractivity contribution in [2.45, 2.75) is 31.7 Å². The van der Waals surface area contributed by atoms with Crippen molar-refractivity contribution in [2.24, 2.45) is 7.05 Å². The average Bonchev–Trinajstić information content (AvgIpc) is 2.75. The van der Waals surface area contributed by atoms with Crippen molar-refractivity contribution in [3.05, 3.63) is 11.8 Å². The van der Waals surface area contributed by atoms with Gasteiger partial charge in [0.1, 0.15) is 11.5 Å². The van der Waals surface area contributed by atoms with E-state index in [4.69, 9.17) is 5.73 Å². The van der Waals surface area contributed by atoms with Gasteiger partial charge in [-0.15, -0.1) is 0 Å². The summed E-state index contributed by atoms with van der Waals surface area (Å²) < 4.78 is 1.51. The van der Waals surface area contributed by atoms with E-state index in [9.17, 15) is 4.79 Å². The second-order valence-electron chi connectivity index (χ2n) is 4.03. The van der Waals surface area contributed by atoms with Crippen LogP contribution in [0.3, 0.4) is 0 Å². The Morgan fingerprint density at radius 1 is 1.60 bits per heavy atom. The van der Waals surface area contributed by atoms with E-state index >= 15 is 0 Å². The van der Waals surface area contributed by atoms with Crippen LogP contribution >= 0.6 is 0 Å². The van der Waals surface area contributed by atoms with Gasteiger partial charge in [0, 0.05) is 19.2 Å². The van der Waals surface area contributed by atoms with E-state index in [0.29, 0.717) is 17.6 Å². The third kappa shape index (κ3) is 2.11. The van der Waals surface area contributed by atoms with E-state index in [-0.39, 0.29) is 5.91 Å². The Morgan fingerprint density at radius 3 is 2.80 bits per heavy atom. The Bertz CT molecular complexity index is 365. The lowest BCUT2D eigenvalue weighted by molar-refractivity contribution is 0.0928. The molecule has 1 aliphatic carbocycles. The van der Waals surface area contributed by atoms with Gasteiger partial charge in [0.15, 0.2) is 0 Å². The summed E-state index contributed by atoms with van der Waals surface area (Å²) in [5.74, 6) is 0.308. The van der Waals surface area contributed by atoms with Crippen LogP contribution in [0.1, 0.15) is 36.2 Å². The summed E-state index contributed by atoms with van der Waals surface area (Å²) in [6, 6.07) is 1.93. The van der Waals surface area contributed by atoms with Crippen molar-refractivity contribution in [3.63, 3.8) is 0 Å². The molecule has 0 atom stereocenters. The molecule has 15 heavy (non-hydrogen) atoms. The molecule has 0 aliphatic heterocycles. The first-order chi connectivity index (χ1) is 7.16. The fourth-order valence-electron chi connectivity index (χ4n) is 2.03. The third-order valence-electron chi connectivity index (χ3n) is 2.82. The van der Waals surface area contributed by atoms with E-state index in [1.54, 1.807) is 13.1 Å². The number of nitrogens with one attached hydrogen (secondary N) is 1. The van der Waals surface area contributed by atoms with Gasteiger partial charge in [0.05, 0.1) is 0 Å². The molecule has 0 radical (unpaired) electrons. The van der Waals surface area contributed by atoms with Gasteiger partial charge in [-0.05, 0) is 12.8 Å². The third-order valence-corrected chi connectivity index (χ3v) is 2.82. The highest BCUT2D eigenvalue weighted by Gasteiger charge is 2.19. The zero-order chi connectivity index (χ0) is 10.8. The Labute approximate surface area is 88.6 Å². The quantitative estimate of drug-likeness (QED) is 0.750. The van der Waals surface area contributed by atoms with Crippen LogP contribution in [-0.4, -0.2) is 21.7 Å². The summed E-state index contributed by atoms with van der Waals surface area (Å²) in [4.78, 5) is 11.8. The van der Waals surface area contributed by atoms with Gasteiger partial charge in [-0.3, -0.25) is 9.48 Å². The number of carbonyl (C=O) groups excluding carboxylic acids is 1. The molecule has 82 valence electrons. The van der Waals surface area contributed by atoms with E-state index < -0.39 is 0 Å². The molecular weight excluding hydrogens is 192 g/mol. The largest absolute Gasteiger partial charge is 0.382 e. The van der Waals surface area contributed by atoms with Crippen LogP contribution < -0.4 is 11.1 Å². The molecule has 0 saturated heterocycles. The van der Waals surface area contributed by atoms with Crippen LogP contribution in [0, 0.1) is 0 Å². The number of hydrogen-bond acceptors (Lipinski definition) is 3. The number of aryl methyl sites for hydroxylation is 1. The molecule has 5 heteroatoms. The SMILES string of the molecule is Cn1nc(N)cc1C(=O)NC1CCCC1. The van der Waals surface area contributed by atoms with Crippen LogP contribution in [0.15, 0.2) is 6.07 Å². The second-order valence-corrected chi connectivity index (χ2v) is 4.03. The zero-order valence-corrected chi connectivity index (χ0v) is 8.86. The number of nitrogens with zero attached hydrogens (tertiary/aromatic N) is 2. The number of hydrogen-bond donors (Lipinski definition) is 2. The average molecular weight is 208 g/mol. The van der Waals surface area contributed by atoms with Crippen molar-refractivity contribution in [3.8, 4) is 0 Å². The molecule has 1 amide bonds. The molecule has 0 bridgehead atoms. The molecule has 1 aromatic rings. The Kier molecular flexibility index (Phi) is 2.62. The molecule has 1 heterocycles. The minimum atomic E-state index is -0.0754. The van der Waals surface area contributed by atoms with Gasteiger partial charge in [0.25, 0.3) is 5.91 Å². The first-order valence-corrected chi connectivity index (χ1v) is 5.27. The van der Waals surface area contributed by atoms with E-state index in [0.717, 1.165) is 12.8 Å². The van der Waals surface area contributed by atoms with Gasteiger partial charge in [-0.2, -0.15) is 5.10 Å². The van der Waals surface area contributed by atoms with Crippen molar-refractivity contribution in [2.75, 3.05) is 5.73 Å².